The molecular weight excluding hydrogens is 394 g/mol. The van der Waals surface area contributed by atoms with Crippen molar-refractivity contribution in [3.05, 3.63) is 94.0 Å². The fourth-order valence-electron chi connectivity index (χ4n) is 3.05. The number of benzene rings is 3. The molecule has 0 saturated carbocycles. The van der Waals surface area contributed by atoms with Gasteiger partial charge in [-0.1, -0.05) is 35.9 Å². The zero-order chi connectivity index (χ0) is 19.7. The largest absolute Gasteiger partial charge is 0.325 e. The van der Waals surface area contributed by atoms with Gasteiger partial charge in [-0.15, -0.1) is 11.8 Å². The van der Waals surface area contributed by atoms with E-state index in [1.165, 1.54) is 11.8 Å². The normalized spacial score (nSPS) is 12.3. The first kappa shape index (κ1) is 18.5. The zero-order valence-electron chi connectivity index (χ0n) is 14.6. The Kier molecular flexibility index (Phi) is 5.03. The van der Waals surface area contributed by atoms with Crippen molar-refractivity contribution in [2.45, 2.75) is 4.90 Å². The molecule has 0 aromatic heterocycles. The van der Waals surface area contributed by atoms with Gasteiger partial charge >= 0.3 is 0 Å². The Morgan fingerprint density at radius 1 is 0.821 bits per heavy atom. The number of hydrogen-bond acceptors (Lipinski definition) is 4. The number of carbonyl (C=O) groups is 3. The molecule has 1 aliphatic carbocycles. The third kappa shape index (κ3) is 3.59. The Labute approximate surface area is 170 Å². The summed E-state index contributed by atoms with van der Waals surface area (Å²) in [5.74, 6) is -0.373. The topological polar surface area (TPSA) is 63.2 Å². The summed E-state index contributed by atoms with van der Waals surface area (Å²) in [6.07, 6.45) is 0. The minimum Gasteiger partial charge on any atom is -0.325 e. The zero-order valence-corrected chi connectivity index (χ0v) is 16.1. The predicted molar refractivity (Wildman–Crippen MR) is 111 cm³/mol. The van der Waals surface area contributed by atoms with Crippen molar-refractivity contribution < 1.29 is 14.4 Å². The van der Waals surface area contributed by atoms with Crippen LogP contribution in [-0.2, 0) is 4.79 Å². The molecular formula is C22H14ClNO3S. The number of anilines is 1. The van der Waals surface area contributed by atoms with E-state index in [-0.39, 0.29) is 23.2 Å². The van der Waals surface area contributed by atoms with Crippen LogP contribution >= 0.6 is 23.4 Å². The summed E-state index contributed by atoms with van der Waals surface area (Å²) in [6, 6.07) is 18.8. The van der Waals surface area contributed by atoms with Gasteiger partial charge in [-0.2, -0.15) is 0 Å². The molecule has 3 aromatic carbocycles. The summed E-state index contributed by atoms with van der Waals surface area (Å²) < 4.78 is 0. The summed E-state index contributed by atoms with van der Waals surface area (Å²) >= 11 is 7.24. The van der Waals surface area contributed by atoms with Crippen LogP contribution in [0, 0.1) is 0 Å². The number of hydrogen-bond donors (Lipinski definition) is 1. The van der Waals surface area contributed by atoms with Gasteiger partial charge < -0.3 is 5.32 Å². The Bertz CT molecular complexity index is 1110. The van der Waals surface area contributed by atoms with Gasteiger partial charge in [0.25, 0.3) is 0 Å². The highest BCUT2D eigenvalue weighted by atomic mass is 35.5. The third-order valence-electron chi connectivity index (χ3n) is 4.39. The van der Waals surface area contributed by atoms with Crippen molar-refractivity contribution in [2.24, 2.45) is 0 Å². The van der Waals surface area contributed by atoms with Crippen molar-refractivity contribution in [3.8, 4) is 0 Å². The van der Waals surface area contributed by atoms with Crippen LogP contribution < -0.4 is 5.32 Å². The second-order valence-electron chi connectivity index (χ2n) is 6.25. The summed E-state index contributed by atoms with van der Waals surface area (Å²) in [7, 11) is 0. The van der Waals surface area contributed by atoms with Crippen LogP contribution in [0.1, 0.15) is 31.8 Å². The Morgan fingerprint density at radius 3 is 2.11 bits per heavy atom. The smallest absolute Gasteiger partial charge is 0.234 e. The van der Waals surface area contributed by atoms with Crippen LogP contribution in [0.4, 0.5) is 5.69 Å². The van der Waals surface area contributed by atoms with Crippen LogP contribution in [0.25, 0.3) is 0 Å². The number of ketones is 2. The quantitative estimate of drug-likeness (QED) is 0.491. The highest BCUT2D eigenvalue weighted by Crippen LogP contribution is 2.29. The minimum absolute atomic E-state index is 0.179. The fraction of sp³-hybridized carbons (Fsp3) is 0.0455. The molecule has 1 amide bonds. The summed E-state index contributed by atoms with van der Waals surface area (Å²) in [6.45, 7) is 0. The van der Waals surface area contributed by atoms with E-state index in [0.717, 1.165) is 4.90 Å². The maximum atomic E-state index is 12.7. The van der Waals surface area contributed by atoms with Gasteiger partial charge in [0.05, 0.1) is 5.75 Å². The molecule has 0 spiro atoms. The molecule has 138 valence electrons. The molecule has 3 aromatic rings. The molecule has 4 rings (SSSR count). The van der Waals surface area contributed by atoms with Gasteiger partial charge in [0.2, 0.25) is 5.91 Å². The molecule has 0 atom stereocenters. The third-order valence-corrected chi connectivity index (χ3v) is 5.66. The van der Waals surface area contributed by atoms with Crippen LogP contribution in [0.5, 0.6) is 0 Å². The highest BCUT2D eigenvalue weighted by molar-refractivity contribution is 8.00. The van der Waals surface area contributed by atoms with Crippen molar-refractivity contribution in [3.63, 3.8) is 0 Å². The van der Waals surface area contributed by atoms with Gasteiger partial charge in [-0.05, 0) is 42.5 Å². The molecule has 4 nitrogen and oxygen atoms in total. The van der Waals surface area contributed by atoms with E-state index in [9.17, 15) is 14.4 Å². The van der Waals surface area contributed by atoms with Gasteiger partial charge in [0.15, 0.2) is 11.6 Å². The van der Waals surface area contributed by atoms with Gasteiger partial charge in [0, 0.05) is 37.9 Å². The molecule has 28 heavy (non-hydrogen) atoms. The van der Waals surface area contributed by atoms with Crippen molar-refractivity contribution in [1.82, 2.24) is 0 Å². The molecule has 6 heteroatoms. The predicted octanol–water partition coefficient (Wildman–Crippen LogP) is 4.85. The summed E-state index contributed by atoms with van der Waals surface area (Å²) in [5.41, 5.74) is 1.96. The lowest BCUT2D eigenvalue weighted by molar-refractivity contribution is -0.113. The molecule has 0 aliphatic heterocycles. The lowest BCUT2D eigenvalue weighted by Crippen LogP contribution is -2.21. The van der Waals surface area contributed by atoms with Crippen molar-refractivity contribution in [2.75, 3.05) is 11.1 Å². The number of nitrogens with one attached hydrogen (secondary N) is 1. The second-order valence-corrected chi connectivity index (χ2v) is 7.74. The fourth-order valence-corrected chi connectivity index (χ4v) is 3.88. The molecule has 0 heterocycles. The molecule has 1 N–H and O–H groups in total. The molecule has 0 unspecified atom stereocenters. The van der Waals surface area contributed by atoms with E-state index >= 15 is 0 Å². The molecule has 0 fully saturated rings. The van der Waals surface area contributed by atoms with E-state index in [1.54, 1.807) is 54.6 Å². The number of halogens is 1. The maximum Gasteiger partial charge on any atom is 0.234 e. The number of thioether (sulfide) groups is 1. The SMILES string of the molecule is O=C(CSc1ccc(Cl)cc1)Nc1ccc2c(c1)C(=O)c1ccccc1C2=O. The lowest BCUT2D eigenvalue weighted by Gasteiger charge is -2.18. The Balaban J connectivity index is 1.50. The number of amides is 1. The van der Waals surface area contributed by atoms with E-state index < -0.39 is 0 Å². The first-order chi connectivity index (χ1) is 13.5. The molecule has 0 saturated heterocycles. The molecule has 1 aliphatic rings. The second kappa shape index (κ2) is 7.62. The Morgan fingerprint density at radius 2 is 1.43 bits per heavy atom. The van der Waals surface area contributed by atoms with Crippen LogP contribution in [0.2, 0.25) is 5.02 Å². The van der Waals surface area contributed by atoms with Crippen LogP contribution in [0.3, 0.4) is 0 Å². The van der Waals surface area contributed by atoms with Crippen LogP contribution in [0.15, 0.2) is 71.6 Å². The standard InChI is InChI=1S/C22H14ClNO3S/c23-13-5-8-15(9-6-13)28-12-20(25)24-14-7-10-18-19(11-14)22(27)17-4-2-1-3-16(17)21(18)26/h1-11H,12H2,(H,24,25). The van der Waals surface area contributed by atoms with E-state index in [0.29, 0.717) is 33.0 Å². The number of carbonyl (C=O) groups excluding carboxylic acids is 3. The van der Waals surface area contributed by atoms with Gasteiger partial charge in [-0.25, -0.2) is 0 Å². The van der Waals surface area contributed by atoms with E-state index in [2.05, 4.69) is 5.32 Å². The van der Waals surface area contributed by atoms with Crippen molar-refractivity contribution in [1.29, 1.82) is 0 Å². The van der Waals surface area contributed by atoms with Crippen molar-refractivity contribution >= 4 is 46.5 Å². The Hall–Kier alpha value is -2.89. The summed E-state index contributed by atoms with van der Waals surface area (Å²) in [4.78, 5) is 38.6. The minimum atomic E-state index is -0.211. The number of fused-ring (bicyclic) bond motifs is 2. The highest BCUT2D eigenvalue weighted by Gasteiger charge is 2.29. The lowest BCUT2D eigenvalue weighted by atomic mass is 9.84. The first-order valence-electron chi connectivity index (χ1n) is 8.53. The number of rotatable bonds is 4. The molecule has 0 radical (unpaired) electrons. The van der Waals surface area contributed by atoms with E-state index in [1.807, 2.05) is 12.1 Å². The van der Waals surface area contributed by atoms with Gasteiger partial charge in [-0.3, -0.25) is 14.4 Å². The monoisotopic (exact) mass is 407 g/mol. The average Bonchev–Trinajstić information content (AvgIpc) is 2.71. The van der Waals surface area contributed by atoms with Gasteiger partial charge in [0.1, 0.15) is 0 Å². The molecule has 0 bridgehead atoms. The van der Waals surface area contributed by atoms with E-state index in [4.69, 9.17) is 11.6 Å². The average molecular weight is 408 g/mol. The maximum absolute atomic E-state index is 12.7. The first-order valence-corrected chi connectivity index (χ1v) is 9.90. The van der Waals surface area contributed by atoms with Crippen LogP contribution in [-0.4, -0.2) is 23.2 Å². The summed E-state index contributed by atoms with van der Waals surface area (Å²) in [5, 5.41) is 3.43.